The second kappa shape index (κ2) is 11.7. The molecule has 3 N–H and O–H groups in total. The van der Waals surface area contributed by atoms with Crippen LogP contribution in [-0.2, 0) is 9.59 Å². The van der Waals surface area contributed by atoms with Crippen LogP contribution in [0.5, 0.6) is 0 Å². The third-order valence-electron chi connectivity index (χ3n) is 3.62. The number of hydrogen-bond donors (Lipinski definition) is 2. The molecule has 0 radical (unpaired) electrons. The predicted molar refractivity (Wildman–Crippen MR) is 87.9 cm³/mol. The summed E-state index contributed by atoms with van der Waals surface area (Å²) in [5.74, 6) is 1.05. The zero-order chi connectivity index (χ0) is 16.3. The molecule has 0 unspecified atom stereocenters. The van der Waals surface area contributed by atoms with Gasteiger partial charge in [0.1, 0.15) is 5.78 Å². The largest absolute Gasteiger partial charge is 0.356 e. The van der Waals surface area contributed by atoms with Crippen LogP contribution in [0.2, 0.25) is 0 Å². The molecule has 4 heteroatoms. The van der Waals surface area contributed by atoms with E-state index in [0.29, 0.717) is 31.2 Å². The monoisotopic (exact) mass is 298 g/mol. The number of Topliss-reactive ketones (excluding diaryl/α,β-unsaturated/α-hetero) is 1. The molecule has 0 aromatic rings. The summed E-state index contributed by atoms with van der Waals surface area (Å²) in [4.78, 5) is 23.8. The van der Waals surface area contributed by atoms with Gasteiger partial charge in [-0.05, 0) is 38.1 Å². The Morgan fingerprint density at radius 2 is 1.62 bits per heavy atom. The van der Waals surface area contributed by atoms with E-state index in [4.69, 9.17) is 5.73 Å². The molecule has 0 heterocycles. The minimum absolute atomic E-state index is 0.0865. The fourth-order valence-corrected chi connectivity index (χ4v) is 2.45. The van der Waals surface area contributed by atoms with Gasteiger partial charge in [0.2, 0.25) is 5.91 Å². The molecule has 21 heavy (non-hydrogen) atoms. The first-order chi connectivity index (χ1) is 9.88. The Hall–Kier alpha value is -0.900. The summed E-state index contributed by atoms with van der Waals surface area (Å²) in [5.41, 5.74) is 5.51. The first-order valence-electron chi connectivity index (χ1n) is 8.39. The second-order valence-electron chi connectivity index (χ2n) is 6.63. The van der Waals surface area contributed by atoms with Crippen LogP contribution in [0.1, 0.15) is 66.2 Å². The smallest absolute Gasteiger partial charge is 0.220 e. The quantitative estimate of drug-likeness (QED) is 0.544. The summed E-state index contributed by atoms with van der Waals surface area (Å²) >= 11 is 0. The van der Waals surface area contributed by atoms with Crippen LogP contribution in [0.3, 0.4) is 0 Å². The van der Waals surface area contributed by atoms with Crippen molar-refractivity contribution in [2.45, 2.75) is 66.2 Å². The minimum atomic E-state index is 0.0865. The lowest BCUT2D eigenvalue weighted by molar-refractivity contribution is -0.126. The number of nitrogens with one attached hydrogen (secondary N) is 1. The topological polar surface area (TPSA) is 72.2 Å². The summed E-state index contributed by atoms with van der Waals surface area (Å²) in [5, 5.41) is 2.93. The van der Waals surface area contributed by atoms with Gasteiger partial charge < -0.3 is 11.1 Å². The average molecular weight is 298 g/mol. The van der Waals surface area contributed by atoms with E-state index in [2.05, 4.69) is 5.32 Å². The Kier molecular flexibility index (Phi) is 11.2. The number of rotatable bonds is 12. The van der Waals surface area contributed by atoms with Crippen molar-refractivity contribution in [2.75, 3.05) is 13.1 Å². The Balaban J connectivity index is 4.05. The molecule has 0 aliphatic rings. The van der Waals surface area contributed by atoms with Crippen LogP contribution >= 0.6 is 0 Å². The molecule has 0 fully saturated rings. The number of carbonyl (C=O) groups is 2. The van der Waals surface area contributed by atoms with Crippen molar-refractivity contribution in [3.8, 4) is 0 Å². The first kappa shape index (κ1) is 20.1. The van der Waals surface area contributed by atoms with E-state index >= 15 is 0 Å². The normalized spacial score (nSPS) is 12.7. The zero-order valence-corrected chi connectivity index (χ0v) is 14.3. The SMILES string of the molecule is CC(C)CC(=O)NCCC[C@@H](CCCCN)C(=O)C(C)C. The van der Waals surface area contributed by atoms with Crippen molar-refractivity contribution in [1.82, 2.24) is 5.32 Å². The van der Waals surface area contributed by atoms with Gasteiger partial charge in [0, 0.05) is 24.8 Å². The summed E-state index contributed by atoms with van der Waals surface area (Å²) in [6, 6.07) is 0. The summed E-state index contributed by atoms with van der Waals surface area (Å²) in [6.45, 7) is 9.35. The van der Waals surface area contributed by atoms with Gasteiger partial charge in [-0.2, -0.15) is 0 Å². The number of carbonyl (C=O) groups excluding carboxylic acids is 2. The van der Waals surface area contributed by atoms with E-state index in [0.717, 1.165) is 32.1 Å². The molecule has 0 aromatic heterocycles. The Labute approximate surface area is 130 Å². The van der Waals surface area contributed by atoms with Gasteiger partial charge in [0.25, 0.3) is 0 Å². The molecule has 1 amide bonds. The van der Waals surface area contributed by atoms with Crippen molar-refractivity contribution in [3.63, 3.8) is 0 Å². The fraction of sp³-hybridized carbons (Fsp3) is 0.882. The predicted octanol–water partition coefficient (Wildman–Crippen LogP) is 2.90. The maximum Gasteiger partial charge on any atom is 0.220 e. The highest BCUT2D eigenvalue weighted by Gasteiger charge is 2.20. The van der Waals surface area contributed by atoms with E-state index in [1.807, 2.05) is 27.7 Å². The maximum absolute atomic E-state index is 12.2. The zero-order valence-electron chi connectivity index (χ0n) is 14.3. The maximum atomic E-state index is 12.2. The molecule has 0 aromatic carbocycles. The van der Waals surface area contributed by atoms with E-state index in [1.54, 1.807) is 0 Å². The lowest BCUT2D eigenvalue weighted by Gasteiger charge is -2.18. The lowest BCUT2D eigenvalue weighted by Crippen LogP contribution is -2.27. The van der Waals surface area contributed by atoms with Gasteiger partial charge in [-0.3, -0.25) is 9.59 Å². The van der Waals surface area contributed by atoms with Crippen molar-refractivity contribution in [2.24, 2.45) is 23.5 Å². The molecule has 4 nitrogen and oxygen atoms in total. The Morgan fingerprint density at radius 3 is 2.14 bits per heavy atom. The van der Waals surface area contributed by atoms with Crippen LogP contribution in [0.25, 0.3) is 0 Å². The highest BCUT2D eigenvalue weighted by atomic mass is 16.1. The number of ketones is 1. The molecule has 1 atom stereocenters. The van der Waals surface area contributed by atoms with E-state index in [1.165, 1.54) is 0 Å². The van der Waals surface area contributed by atoms with Gasteiger partial charge in [0.05, 0.1) is 0 Å². The summed E-state index contributed by atoms with van der Waals surface area (Å²) in [6.07, 6.45) is 5.23. The minimum Gasteiger partial charge on any atom is -0.356 e. The Morgan fingerprint density at radius 1 is 1.00 bits per heavy atom. The number of amides is 1. The molecule has 0 rings (SSSR count). The molecular formula is C17H34N2O2. The van der Waals surface area contributed by atoms with Crippen molar-refractivity contribution in [1.29, 1.82) is 0 Å². The van der Waals surface area contributed by atoms with E-state index < -0.39 is 0 Å². The number of hydrogen-bond acceptors (Lipinski definition) is 3. The highest BCUT2D eigenvalue weighted by molar-refractivity contribution is 5.82. The molecule has 0 saturated carbocycles. The molecule has 124 valence electrons. The van der Waals surface area contributed by atoms with Crippen LogP contribution < -0.4 is 11.1 Å². The Bertz CT molecular complexity index is 301. The molecule has 0 aliphatic carbocycles. The van der Waals surface area contributed by atoms with Crippen molar-refractivity contribution >= 4 is 11.7 Å². The van der Waals surface area contributed by atoms with Gasteiger partial charge in [-0.15, -0.1) is 0 Å². The third kappa shape index (κ3) is 10.5. The van der Waals surface area contributed by atoms with Gasteiger partial charge in [-0.1, -0.05) is 34.1 Å². The van der Waals surface area contributed by atoms with E-state index in [9.17, 15) is 9.59 Å². The summed E-state index contributed by atoms with van der Waals surface area (Å²) in [7, 11) is 0. The molecular weight excluding hydrogens is 264 g/mol. The number of unbranched alkanes of at least 4 members (excludes halogenated alkanes) is 1. The van der Waals surface area contributed by atoms with E-state index in [-0.39, 0.29) is 17.7 Å². The lowest BCUT2D eigenvalue weighted by atomic mass is 9.87. The molecule has 0 bridgehead atoms. The molecule has 0 saturated heterocycles. The van der Waals surface area contributed by atoms with Crippen molar-refractivity contribution < 1.29 is 9.59 Å². The standard InChI is InChI=1S/C17H34N2O2/c1-13(2)12-16(20)19-11-7-9-15(8-5-6-10-18)17(21)14(3)4/h13-15H,5-12,18H2,1-4H3,(H,19,20)/t15-/m1/s1. The average Bonchev–Trinajstić information content (AvgIpc) is 2.39. The second-order valence-corrected chi connectivity index (χ2v) is 6.63. The third-order valence-corrected chi connectivity index (χ3v) is 3.62. The van der Waals surface area contributed by atoms with Gasteiger partial charge in [0.15, 0.2) is 0 Å². The van der Waals surface area contributed by atoms with Crippen molar-refractivity contribution in [3.05, 3.63) is 0 Å². The van der Waals surface area contributed by atoms with Crippen LogP contribution in [0, 0.1) is 17.8 Å². The molecule has 0 aliphatic heterocycles. The van der Waals surface area contributed by atoms with Gasteiger partial charge >= 0.3 is 0 Å². The number of nitrogens with two attached hydrogens (primary N) is 1. The summed E-state index contributed by atoms with van der Waals surface area (Å²) < 4.78 is 0. The molecule has 0 spiro atoms. The highest BCUT2D eigenvalue weighted by Crippen LogP contribution is 2.19. The first-order valence-corrected chi connectivity index (χ1v) is 8.39. The van der Waals surface area contributed by atoms with Crippen LogP contribution in [0.4, 0.5) is 0 Å². The van der Waals surface area contributed by atoms with Crippen LogP contribution in [-0.4, -0.2) is 24.8 Å². The van der Waals surface area contributed by atoms with Crippen LogP contribution in [0.15, 0.2) is 0 Å². The van der Waals surface area contributed by atoms with Gasteiger partial charge in [-0.25, -0.2) is 0 Å². The fourth-order valence-electron chi connectivity index (χ4n) is 2.45.